The zero-order valence-electron chi connectivity index (χ0n) is 17.6. The summed E-state index contributed by atoms with van der Waals surface area (Å²) in [6, 6.07) is 21.0. The number of aromatic nitrogens is 2. The first-order chi connectivity index (χ1) is 15.2. The molecule has 3 aromatic rings. The second-order valence-electron chi connectivity index (χ2n) is 8.63. The van der Waals surface area contributed by atoms with E-state index in [4.69, 9.17) is 9.98 Å². The fourth-order valence-electron chi connectivity index (χ4n) is 5.20. The zero-order chi connectivity index (χ0) is 20.9. The number of carbonyl (C=O) groups excluding carboxylic acids is 1. The average molecular weight is 412 g/mol. The van der Waals surface area contributed by atoms with E-state index in [0.717, 1.165) is 41.6 Å². The number of aliphatic imine (C=N–C) groups is 1. The lowest BCUT2D eigenvalue weighted by atomic mass is 9.90. The van der Waals surface area contributed by atoms with E-state index < -0.39 is 0 Å². The van der Waals surface area contributed by atoms with Gasteiger partial charge in [0, 0.05) is 19.2 Å². The maximum absolute atomic E-state index is 13.6. The lowest BCUT2D eigenvalue weighted by Gasteiger charge is -2.36. The van der Waals surface area contributed by atoms with Crippen molar-refractivity contribution in [3.63, 3.8) is 0 Å². The summed E-state index contributed by atoms with van der Waals surface area (Å²) in [7, 11) is 1.84. The van der Waals surface area contributed by atoms with Crippen molar-refractivity contribution in [3.8, 4) is 11.4 Å². The van der Waals surface area contributed by atoms with E-state index in [1.54, 1.807) is 4.90 Å². The fourth-order valence-corrected chi connectivity index (χ4v) is 5.20. The Morgan fingerprint density at radius 3 is 2.45 bits per heavy atom. The molecule has 31 heavy (non-hydrogen) atoms. The summed E-state index contributed by atoms with van der Waals surface area (Å²) in [5, 5.41) is 0. The number of hydrogen-bond donors (Lipinski definition) is 0. The quantitative estimate of drug-likeness (QED) is 0.650. The molecule has 2 aliphatic heterocycles. The number of hydrogen-bond acceptors (Lipinski definition) is 4. The summed E-state index contributed by atoms with van der Waals surface area (Å²) in [5.74, 6) is 2.33. The standard InChI is InChI=1S/C25H25N5O/c1-28-24(31)21-23(30-20-15-9-8-14-19(20)26-25(28)30)27-22(18-12-6-3-7-13-18)29(21)16-17-10-4-2-5-11-17/h2-7,10-13,19-20H,8-9,14-16H2,1H3/t19-,20+/m0/s1. The average Bonchev–Trinajstić information content (AvgIpc) is 3.38. The van der Waals surface area contributed by atoms with Crippen molar-refractivity contribution >= 4 is 17.7 Å². The predicted octanol–water partition coefficient (Wildman–Crippen LogP) is 4.17. The second kappa shape index (κ2) is 7.08. The van der Waals surface area contributed by atoms with Crippen LogP contribution >= 0.6 is 0 Å². The molecule has 1 fully saturated rings. The molecule has 2 atom stereocenters. The van der Waals surface area contributed by atoms with E-state index in [-0.39, 0.29) is 11.9 Å². The molecule has 0 saturated heterocycles. The first-order valence-electron chi connectivity index (χ1n) is 11.1. The van der Waals surface area contributed by atoms with Crippen molar-refractivity contribution in [2.45, 2.75) is 44.3 Å². The molecule has 6 heteroatoms. The van der Waals surface area contributed by atoms with E-state index in [2.05, 4.69) is 33.7 Å². The molecule has 0 N–H and O–H groups in total. The number of rotatable bonds is 3. The van der Waals surface area contributed by atoms with E-state index >= 15 is 0 Å². The van der Waals surface area contributed by atoms with Crippen LogP contribution in [0.15, 0.2) is 65.7 Å². The van der Waals surface area contributed by atoms with Gasteiger partial charge in [0.25, 0.3) is 5.91 Å². The summed E-state index contributed by atoms with van der Waals surface area (Å²) >= 11 is 0. The number of carbonyl (C=O) groups is 1. The van der Waals surface area contributed by atoms with Crippen molar-refractivity contribution in [3.05, 3.63) is 71.9 Å². The maximum atomic E-state index is 13.6. The molecule has 3 heterocycles. The minimum Gasteiger partial charge on any atom is -0.314 e. The van der Waals surface area contributed by atoms with Crippen molar-refractivity contribution in [2.75, 3.05) is 11.9 Å². The van der Waals surface area contributed by atoms with Crippen LogP contribution in [-0.4, -0.2) is 45.4 Å². The van der Waals surface area contributed by atoms with E-state index in [9.17, 15) is 4.79 Å². The molecular weight excluding hydrogens is 386 g/mol. The van der Waals surface area contributed by atoms with Crippen molar-refractivity contribution in [1.29, 1.82) is 0 Å². The number of nitrogens with zero attached hydrogens (tertiary/aromatic N) is 5. The van der Waals surface area contributed by atoms with E-state index in [1.165, 1.54) is 12.8 Å². The monoisotopic (exact) mass is 411 g/mol. The zero-order valence-corrected chi connectivity index (χ0v) is 17.6. The SMILES string of the molecule is CN1C(=O)c2c(nc(-c3ccccc3)n2Cc2ccccc2)N2C1=N[C@H]1CCCC[C@H]12. The molecule has 1 saturated carbocycles. The molecule has 1 aliphatic carbocycles. The molecule has 6 rings (SSSR count). The molecule has 2 aromatic carbocycles. The van der Waals surface area contributed by atoms with Crippen LogP contribution in [-0.2, 0) is 6.54 Å². The minimum atomic E-state index is -0.0331. The Bertz CT molecular complexity index is 1170. The van der Waals surface area contributed by atoms with Crippen LogP contribution in [0.4, 0.5) is 5.82 Å². The van der Waals surface area contributed by atoms with Gasteiger partial charge in [-0.25, -0.2) is 9.98 Å². The summed E-state index contributed by atoms with van der Waals surface area (Å²) in [4.78, 5) is 27.6. The minimum absolute atomic E-state index is 0.0331. The van der Waals surface area contributed by atoms with Crippen LogP contribution in [0, 0.1) is 0 Å². The molecule has 0 radical (unpaired) electrons. The molecule has 156 valence electrons. The normalized spacial score (nSPS) is 22.1. The molecule has 0 spiro atoms. The molecular formula is C25H25N5O. The van der Waals surface area contributed by atoms with Gasteiger partial charge in [-0.05, 0) is 18.4 Å². The second-order valence-corrected chi connectivity index (χ2v) is 8.63. The number of benzene rings is 2. The van der Waals surface area contributed by atoms with Gasteiger partial charge in [0.2, 0.25) is 5.96 Å². The third kappa shape index (κ3) is 2.81. The number of amides is 1. The fraction of sp³-hybridized carbons (Fsp3) is 0.320. The largest absolute Gasteiger partial charge is 0.314 e. The number of fused-ring (bicyclic) bond motifs is 5. The van der Waals surface area contributed by atoms with Crippen molar-refractivity contribution < 1.29 is 4.79 Å². The van der Waals surface area contributed by atoms with Gasteiger partial charge in [0.05, 0.1) is 12.1 Å². The number of imidazole rings is 1. The Hall–Kier alpha value is -3.41. The molecule has 6 nitrogen and oxygen atoms in total. The molecule has 1 aromatic heterocycles. The van der Waals surface area contributed by atoms with E-state index in [1.807, 2.05) is 43.4 Å². The highest BCUT2D eigenvalue weighted by atomic mass is 16.2. The highest BCUT2D eigenvalue weighted by molar-refractivity contribution is 6.18. The first-order valence-corrected chi connectivity index (χ1v) is 11.1. The lowest BCUT2D eigenvalue weighted by molar-refractivity contribution is 0.0855. The number of anilines is 1. The van der Waals surface area contributed by atoms with Gasteiger partial charge in [-0.3, -0.25) is 14.6 Å². The highest BCUT2D eigenvalue weighted by Gasteiger charge is 2.48. The highest BCUT2D eigenvalue weighted by Crippen LogP contribution is 2.41. The van der Waals surface area contributed by atoms with Gasteiger partial charge in [0.1, 0.15) is 5.82 Å². The Morgan fingerprint density at radius 2 is 1.68 bits per heavy atom. The molecule has 3 aliphatic rings. The topological polar surface area (TPSA) is 53.7 Å². The summed E-state index contributed by atoms with van der Waals surface area (Å²) in [6.07, 6.45) is 4.57. The first kappa shape index (κ1) is 18.4. The maximum Gasteiger partial charge on any atom is 0.280 e. The van der Waals surface area contributed by atoms with Crippen molar-refractivity contribution in [1.82, 2.24) is 14.5 Å². The third-order valence-corrected chi connectivity index (χ3v) is 6.72. The van der Waals surface area contributed by atoms with Gasteiger partial charge >= 0.3 is 0 Å². The van der Waals surface area contributed by atoms with Gasteiger partial charge in [-0.15, -0.1) is 0 Å². The summed E-state index contributed by atoms with van der Waals surface area (Å²) in [5.41, 5.74) is 2.82. The van der Waals surface area contributed by atoms with E-state index in [0.29, 0.717) is 18.3 Å². The molecule has 0 unspecified atom stereocenters. The summed E-state index contributed by atoms with van der Waals surface area (Å²) < 4.78 is 2.09. The van der Waals surface area contributed by atoms with Gasteiger partial charge < -0.3 is 4.57 Å². The van der Waals surface area contributed by atoms with Crippen LogP contribution in [0.3, 0.4) is 0 Å². The summed E-state index contributed by atoms with van der Waals surface area (Å²) in [6.45, 7) is 0.599. The Kier molecular flexibility index (Phi) is 4.19. The van der Waals surface area contributed by atoms with Crippen LogP contribution in [0.5, 0.6) is 0 Å². The Balaban J connectivity index is 1.55. The predicted molar refractivity (Wildman–Crippen MR) is 121 cm³/mol. The van der Waals surface area contributed by atoms with Crippen LogP contribution < -0.4 is 4.90 Å². The Morgan fingerprint density at radius 1 is 0.968 bits per heavy atom. The van der Waals surface area contributed by atoms with Gasteiger partial charge in [0.15, 0.2) is 11.5 Å². The third-order valence-electron chi connectivity index (χ3n) is 6.72. The van der Waals surface area contributed by atoms with Crippen LogP contribution in [0.1, 0.15) is 41.7 Å². The van der Waals surface area contributed by atoms with Gasteiger partial charge in [-0.2, -0.15) is 0 Å². The smallest absolute Gasteiger partial charge is 0.280 e. The van der Waals surface area contributed by atoms with Gasteiger partial charge in [-0.1, -0.05) is 73.5 Å². The van der Waals surface area contributed by atoms with Crippen LogP contribution in [0.25, 0.3) is 11.4 Å². The lowest BCUT2D eigenvalue weighted by Crippen LogP contribution is -2.52. The van der Waals surface area contributed by atoms with Crippen LogP contribution in [0.2, 0.25) is 0 Å². The molecule has 1 amide bonds. The molecule has 0 bridgehead atoms. The van der Waals surface area contributed by atoms with Crippen molar-refractivity contribution in [2.24, 2.45) is 4.99 Å². The number of guanidine groups is 1. The Labute approximate surface area is 181 Å².